The van der Waals surface area contributed by atoms with Gasteiger partial charge in [0, 0.05) is 24.6 Å². The van der Waals surface area contributed by atoms with Gasteiger partial charge < -0.3 is 31.5 Å². The van der Waals surface area contributed by atoms with Crippen LogP contribution in [0.4, 0.5) is 9.18 Å². The molecule has 226 valence electrons. The zero-order valence-corrected chi connectivity index (χ0v) is 22.5. The molecule has 0 fully saturated rings. The fraction of sp³-hybridized carbons (Fsp3) is 0.407. The van der Waals surface area contributed by atoms with E-state index in [1.807, 2.05) is 41.7 Å². The number of amides is 5. The Balaban J connectivity index is 1.90. The molecule has 0 saturated heterocycles. The number of halogens is 1. The number of carbonyl (C=O) groups is 6. The van der Waals surface area contributed by atoms with Gasteiger partial charge in [0.2, 0.25) is 5.91 Å². The summed E-state index contributed by atoms with van der Waals surface area (Å²) in [6.07, 6.45) is -0.432. The van der Waals surface area contributed by atoms with Crippen LogP contribution in [-0.2, 0) is 30.4 Å². The van der Waals surface area contributed by atoms with Crippen LogP contribution in [0.5, 0.6) is 0 Å². The van der Waals surface area contributed by atoms with E-state index in [4.69, 9.17) is 10.2 Å². The second-order valence-corrected chi connectivity index (χ2v) is 9.35. The highest BCUT2D eigenvalue weighted by atomic mass is 19.1. The molecule has 2 rings (SSSR count). The number of benzene rings is 2. The van der Waals surface area contributed by atoms with Crippen LogP contribution in [0.2, 0.25) is 0 Å². The molecule has 0 radical (unpaired) electrons. The molecule has 2 aromatic rings. The van der Waals surface area contributed by atoms with Crippen LogP contribution < -0.4 is 21.3 Å². The summed E-state index contributed by atoms with van der Waals surface area (Å²) in [5.41, 5.74) is 0.744. The van der Waals surface area contributed by atoms with E-state index in [0.29, 0.717) is 0 Å². The number of carbonyl (C=O) groups excluding carboxylic acids is 4. The number of urea groups is 1. The zero-order valence-electron chi connectivity index (χ0n) is 22.5. The Labute approximate surface area is 239 Å². The summed E-state index contributed by atoms with van der Waals surface area (Å²) in [4.78, 5) is 81.3. The predicted octanol–water partition coefficient (Wildman–Crippen LogP) is 1.40. The van der Waals surface area contributed by atoms with Crippen molar-refractivity contribution in [3.63, 3.8) is 0 Å². The average molecular weight is 590 g/mol. The first-order valence-electron chi connectivity index (χ1n) is 13.0. The molecule has 3 unspecified atom stereocenters. The largest absolute Gasteiger partial charge is 0.481 e. The van der Waals surface area contributed by atoms with Gasteiger partial charge in [0.05, 0.1) is 0 Å². The van der Waals surface area contributed by atoms with Crippen LogP contribution >= 0.6 is 0 Å². The van der Waals surface area contributed by atoms with Gasteiger partial charge in [0.15, 0.2) is 6.67 Å². The van der Waals surface area contributed by atoms with Crippen molar-refractivity contribution in [1.29, 1.82) is 0 Å². The van der Waals surface area contributed by atoms with Crippen molar-refractivity contribution >= 4 is 46.5 Å². The molecule has 2 aromatic carbocycles. The Hall–Kier alpha value is -4.95. The lowest BCUT2D eigenvalue weighted by Gasteiger charge is -2.19. The summed E-state index contributed by atoms with van der Waals surface area (Å²) >= 11 is 0. The number of aliphatic carboxylic acids is 2. The molecule has 14 nitrogen and oxygen atoms in total. The van der Waals surface area contributed by atoms with E-state index in [-0.39, 0.29) is 32.2 Å². The average Bonchev–Trinajstić information content (AvgIpc) is 2.97. The van der Waals surface area contributed by atoms with Gasteiger partial charge in [-0.05, 0) is 42.0 Å². The van der Waals surface area contributed by atoms with E-state index in [9.17, 15) is 38.1 Å². The molecule has 42 heavy (non-hydrogen) atoms. The SMILES string of the molecule is O=NC(=O)C(CCCCNC(=O)C(Cc1ccc2ccccc2c1)NC(=O)CF)NC(=O)NC(CCC(=O)O)C(=O)O. The monoisotopic (exact) mass is 589 g/mol. The third-order valence-corrected chi connectivity index (χ3v) is 6.19. The van der Waals surface area contributed by atoms with Gasteiger partial charge in [0.25, 0.3) is 5.91 Å². The molecular formula is C27H32FN5O9. The number of rotatable bonds is 17. The van der Waals surface area contributed by atoms with Crippen molar-refractivity contribution in [2.45, 2.75) is 56.7 Å². The molecule has 0 aliphatic heterocycles. The van der Waals surface area contributed by atoms with E-state index in [0.717, 1.165) is 16.3 Å². The third-order valence-electron chi connectivity index (χ3n) is 6.19. The number of hydrogen-bond donors (Lipinski definition) is 6. The normalized spacial score (nSPS) is 12.8. The maximum absolute atomic E-state index is 12.9. The fourth-order valence-electron chi connectivity index (χ4n) is 4.06. The molecule has 0 bridgehead atoms. The number of hydrogen-bond acceptors (Lipinski definition) is 7. The molecule has 5 amide bonds. The Morgan fingerprint density at radius 3 is 2.17 bits per heavy atom. The molecule has 0 aromatic heterocycles. The standard InChI is InChI=1S/C27H32FN5O9/c28-15-22(34)30-21(14-16-8-9-17-5-1-2-6-18(17)13-16)24(37)29-12-4-3-7-19(25(38)33-42)31-27(41)32-20(26(39)40)10-11-23(35)36/h1-2,5-6,8-9,13,19-21H,3-4,7,10-12,14-15H2,(H,29,37)(H,30,34)(H,35,36)(H,39,40)(H2,31,32,41). The predicted molar refractivity (Wildman–Crippen MR) is 147 cm³/mol. The second-order valence-electron chi connectivity index (χ2n) is 9.35. The van der Waals surface area contributed by atoms with Crippen LogP contribution in [0.1, 0.15) is 37.7 Å². The first kappa shape index (κ1) is 33.3. The lowest BCUT2D eigenvalue weighted by molar-refractivity contribution is -0.140. The van der Waals surface area contributed by atoms with Crippen molar-refractivity contribution in [3.05, 3.63) is 52.9 Å². The van der Waals surface area contributed by atoms with Gasteiger partial charge in [-0.15, -0.1) is 4.91 Å². The molecule has 0 aliphatic rings. The smallest absolute Gasteiger partial charge is 0.326 e. The van der Waals surface area contributed by atoms with Crippen molar-refractivity contribution < 1.29 is 43.4 Å². The number of nitroso groups, excluding NO2 is 1. The molecule has 6 N–H and O–H groups in total. The Kier molecular flexibility index (Phi) is 13.5. The maximum Gasteiger partial charge on any atom is 0.326 e. The van der Waals surface area contributed by atoms with E-state index >= 15 is 0 Å². The molecular weight excluding hydrogens is 557 g/mol. The summed E-state index contributed by atoms with van der Waals surface area (Å²) in [5, 5.41) is 31.2. The minimum atomic E-state index is -1.54. The molecule has 15 heteroatoms. The zero-order chi connectivity index (χ0) is 31.1. The Morgan fingerprint density at radius 1 is 0.833 bits per heavy atom. The molecule has 3 atom stereocenters. The molecule has 0 spiro atoms. The summed E-state index contributed by atoms with van der Waals surface area (Å²) in [7, 11) is 0. The van der Waals surface area contributed by atoms with Gasteiger partial charge in [-0.1, -0.05) is 42.5 Å². The maximum atomic E-state index is 12.9. The van der Waals surface area contributed by atoms with Crippen molar-refractivity contribution in [1.82, 2.24) is 21.3 Å². The van der Waals surface area contributed by atoms with Crippen LogP contribution in [0.25, 0.3) is 10.8 Å². The van der Waals surface area contributed by atoms with Gasteiger partial charge in [-0.25, -0.2) is 14.0 Å². The van der Waals surface area contributed by atoms with Crippen LogP contribution in [0.3, 0.4) is 0 Å². The number of carboxylic acid groups (broad SMARTS) is 2. The minimum absolute atomic E-state index is 0.0798. The summed E-state index contributed by atoms with van der Waals surface area (Å²) < 4.78 is 12.9. The molecule has 0 saturated carbocycles. The highest BCUT2D eigenvalue weighted by Gasteiger charge is 2.26. The highest BCUT2D eigenvalue weighted by Crippen LogP contribution is 2.17. The number of unbranched alkanes of at least 4 members (excludes halogenated alkanes) is 1. The first-order chi connectivity index (χ1) is 20.0. The Bertz CT molecular complexity index is 1310. The number of nitrogens with zero attached hydrogens (tertiary/aromatic N) is 1. The lowest BCUT2D eigenvalue weighted by atomic mass is 10.0. The van der Waals surface area contributed by atoms with E-state index in [1.165, 1.54) is 0 Å². The van der Waals surface area contributed by atoms with E-state index < -0.39 is 73.3 Å². The van der Waals surface area contributed by atoms with Crippen molar-refractivity contribution in [3.8, 4) is 0 Å². The van der Waals surface area contributed by atoms with Gasteiger partial charge >= 0.3 is 23.9 Å². The molecule has 0 heterocycles. The minimum Gasteiger partial charge on any atom is -0.481 e. The first-order valence-corrected chi connectivity index (χ1v) is 13.0. The van der Waals surface area contributed by atoms with Crippen molar-refractivity contribution in [2.75, 3.05) is 13.2 Å². The van der Waals surface area contributed by atoms with E-state index in [2.05, 4.69) is 21.1 Å². The lowest BCUT2D eigenvalue weighted by Crippen LogP contribution is -2.51. The van der Waals surface area contributed by atoms with Crippen LogP contribution in [0.15, 0.2) is 47.6 Å². The fourth-order valence-corrected chi connectivity index (χ4v) is 4.06. The summed E-state index contributed by atoms with van der Waals surface area (Å²) in [5.74, 6) is -5.48. The number of alkyl halides is 1. The second kappa shape index (κ2) is 17.0. The van der Waals surface area contributed by atoms with E-state index in [1.54, 1.807) is 6.07 Å². The number of nitrogens with one attached hydrogen (secondary N) is 4. The third kappa shape index (κ3) is 11.3. The Morgan fingerprint density at radius 2 is 1.52 bits per heavy atom. The van der Waals surface area contributed by atoms with Gasteiger partial charge in [0.1, 0.15) is 18.1 Å². The quantitative estimate of drug-likeness (QED) is 0.116. The topological polar surface area (TPSA) is 220 Å². The molecule has 0 aliphatic carbocycles. The highest BCUT2D eigenvalue weighted by molar-refractivity contribution is 5.90. The number of carboxylic acids is 2. The summed E-state index contributed by atoms with van der Waals surface area (Å²) in [6, 6.07) is 8.01. The van der Waals surface area contributed by atoms with Crippen LogP contribution in [-0.4, -0.2) is 77.2 Å². The van der Waals surface area contributed by atoms with Crippen molar-refractivity contribution in [2.24, 2.45) is 5.18 Å². The van der Waals surface area contributed by atoms with Gasteiger partial charge in [-0.3, -0.25) is 19.2 Å². The number of fused-ring (bicyclic) bond motifs is 1. The van der Waals surface area contributed by atoms with Gasteiger partial charge in [-0.2, -0.15) is 0 Å². The summed E-state index contributed by atoms with van der Waals surface area (Å²) in [6.45, 7) is -1.22. The van der Waals surface area contributed by atoms with Crippen LogP contribution in [0, 0.1) is 4.91 Å².